The van der Waals surface area contributed by atoms with Crippen LogP contribution in [0, 0.1) is 0 Å². The number of nitrogens with one attached hydrogen (secondary N) is 1. The van der Waals surface area contributed by atoms with Crippen molar-refractivity contribution in [1.82, 2.24) is 5.32 Å². The Balaban J connectivity index is 2.65. The quantitative estimate of drug-likeness (QED) is 0.721. The Morgan fingerprint density at radius 1 is 1.47 bits per heavy atom. The molecule has 0 aliphatic carbocycles. The largest absolute Gasteiger partial charge is 0.504 e. The van der Waals surface area contributed by atoms with E-state index < -0.39 is 5.60 Å². The van der Waals surface area contributed by atoms with Gasteiger partial charge in [0.15, 0.2) is 11.5 Å². The van der Waals surface area contributed by atoms with Gasteiger partial charge in [0.2, 0.25) is 0 Å². The third-order valence-corrected chi connectivity index (χ3v) is 3.74. The Bertz CT molecular complexity index is 427. The van der Waals surface area contributed by atoms with E-state index in [1.807, 2.05) is 6.26 Å². The van der Waals surface area contributed by atoms with Gasteiger partial charge in [-0.15, -0.1) is 0 Å². The van der Waals surface area contributed by atoms with Crippen molar-refractivity contribution >= 4 is 23.4 Å². The summed E-state index contributed by atoms with van der Waals surface area (Å²) in [7, 11) is 1.48. The third-order valence-electron chi connectivity index (χ3n) is 2.62. The molecular weight excluding hydrogens is 286 g/mol. The number of hydrogen-bond donors (Lipinski definition) is 3. The summed E-state index contributed by atoms with van der Waals surface area (Å²) in [5.74, 6) is 1.06. The first kappa shape index (κ1) is 16.4. The lowest BCUT2D eigenvalue weighted by molar-refractivity contribution is 0.0845. The van der Waals surface area contributed by atoms with Gasteiger partial charge in [-0.2, -0.15) is 11.8 Å². The van der Waals surface area contributed by atoms with Gasteiger partial charge in [-0.05, 0) is 19.2 Å². The van der Waals surface area contributed by atoms with Crippen LogP contribution in [0.4, 0.5) is 0 Å². The molecule has 1 atom stereocenters. The standard InChI is InChI=1S/C13H20ClNO3S/c1-13(17,8-19-3)7-15-6-9-4-10(14)5-11(18-2)12(9)16/h4-5,15-17H,6-8H2,1-3H3. The fraction of sp³-hybridized carbons (Fsp3) is 0.538. The van der Waals surface area contributed by atoms with Crippen LogP contribution in [0.5, 0.6) is 11.5 Å². The van der Waals surface area contributed by atoms with E-state index in [1.54, 1.807) is 30.8 Å². The van der Waals surface area contributed by atoms with Gasteiger partial charge in [-0.3, -0.25) is 0 Å². The van der Waals surface area contributed by atoms with E-state index in [0.717, 1.165) is 0 Å². The number of aliphatic hydroxyl groups is 1. The molecule has 0 spiro atoms. The summed E-state index contributed by atoms with van der Waals surface area (Å²) in [6, 6.07) is 3.24. The zero-order chi connectivity index (χ0) is 14.5. The molecule has 3 N–H and O–H groups in total. The van der Waals surface area contributed by atoms with Crippen molar-refractivity contribution in [3.63, 3.8) is 0 Å². The highest BCUT2D eigenvalue weighted by Gasteiger charge is 2.19. The SMILES string of the molecule is COc1cc(Cl)cc(CNCC(C)(O)CSC)c1O. The second-order valence-electron chi connectivity index (χ2n) is 4.65. The van der Waals surface area contributed by atoms with E-state index >= 15 is 0 Å². The Morgan fingerprint density at radius 2 is 2.16 bits per heavy atom. The topological polar surface area (TPSA) is 61.7 Å². The van der Waals surface area contributed by atoms with Crippen LogP contribution in [0.15, 0.2) is 12.1 Å². The number of phenols is 1. The fourth-order valence-electron chi connectivity index (χ4n) is 1.75. The third kappa shape index (κ3) is 5.10. The monoisotopic (exact) mass is 305 g/mol. The van der Waals surface area contributed by atoms with Crippen LogP contribution >= 0.6 is 23.4 Å². The molecule has 0 saturated carbocycles. The first-order valence-corrected chi connectivity index (χ1v) is 7.64. The molecule has 0 bridgehead atoms. The van der Waals surface area contributed by atoms with Gasteiger partial charge >= 0.3 is 0 Å². The zero-order valence-corrected chi connectivity index (χ0v) is 12.9. The van der Waals surface area contributed by atoms with E-state index in [1.165, 1.54) is 7.11 Å². The van der Waals surface area contributed by atoms with Gasteiger partial charge in [-0.1, -0.05) is 11.6 Å². The molecule has 0 amide bonds. The molecule has 0 fully saturated rings. The minimum Gasteiger partial charge on any atom is -0.504 e. The van der Waals surface area contributed by atoms with E-state index in [9.17, 15) is 10.2 Å². The molecule has 0 aliphatic heterocycles. The van der Waals surface area contributed by atoms with Gasteiger partial charge in [0.05, 0.1) is 12.7 Å². The molecule has 1 rings (SSSR count). The second-order valence-corrected chi connectivity index (χ2v) is 5.95. The molecule has 1 aromatic rings. The minimum absolute atomic E-state index is 0.0731. The van der Waals surface area contributed by atoms with Gasteiger partial charge < -0.3 is 20.3 Å². The number of rotatable bonds is 7. The highest BCUT2D eigenvalue weighted by atomic mass is 35.5. The van der Waals surface area contributed by atoms with Crippen molar-refractivity contribution in [3.8, 4) is 11.5 Å². The van der Waals surface area contributed by atoms with Crippen LogP contribution in [-0.4, -0.2) is 41.5 Å². The Kier molecular flexibility index (Phi) is 6.26. The van der Waals surface area contributed by atoms with Crippen LogP contribution in [0.25, 0.3) is 0 Å². The number of phenolic OH excluding ortho intramolecular Hbond substituents is 1. The average molecular weight is 306 g/mol. The van der Waals surface area contributed by atoms with Gasteiger partial charge in [0.25, 0.3) is 0 Å². The van der Waals surface area contributed by atoms with Crippen molar-refractivity contribution < 1.29 is 14.9 Å². The minimum atomic E-state index is -0.780. The van der Waals surface area contributed by atoms with Crippen LogP contribution in [0.2, 0.25) is 5.02 Å². The fourth-order valence-corrected chi connectivity index (χ4v) is 2.70. The summed E-state index contributed by atoms with van der Waals surface area (Å²) in [5, 5.41) is 23.6. The number of halogens is 1. The molecule has 0 aliphatic rings. The molecule has 0 heterocycles. The highest BCUT2D eigenvalue weighted by molar-refractivity contribution is 7.98. The summed E-state index contributed by atoms with van der Waals surface area (Å²) in [6.07, 6.45) is 1.95. The second kappa shape index (κ2) is 7.24. The zero-order valence-electron chi connectivity index (χ0n) is 11.4. The smallest absolute Gasteiger partial charge is 0.162 e. The molecule has 0 aromatic heterocycles. The van der Waals surface area contributed by atoms with E-state index in [0.29, 0.717) is 35.2 Å². The number of thioether (sulfide) groups is 1. The van der Waals surface area contributed by atoms with Crippen LogP contribution < -0.4 is 10.1 Å². The lowest BCUT2D eigenvalue weighted by Gasteiger charge is -2.22. The Morgan fingerprint density at radius 3 is 2.74 bits per heavy atom. The average Bonchev–Trinajstić information content (AvgIpc) is 2.32. The molecule has 1 aromatic carbocycles. The summed E-state index contributed by atoms with van der Waals surface area (Å²) >= 11 is 7.53. The van der Waals surface area contributed by atoms with Crippen molar-refractivity contribution in [1.29, 1.82) is 0 Å². The van der Waals surface area contributed by atoms with Gasteiger partial charge in [-0.25, -0.2) is 0 Å². The van der Waals surface area contributed by atoms with E-state index in [4.69, 9.17) is 16.3 Å². The van der Waals surface area contributed by atoms with Crippen LogP contribution in [0.1, 0.15) is 12.5 Å². The van der Waals surface area contributed by atoms with Crippen LogP contribution in [-0.2, 0) is 6.54 Å². The lowest BCUT2D eigenvalue weighted by Crippen LogP contribution is -2.39. The Labute approximate surface area is 123 Å². The highest BCUT2D eigenvalue weighted by Crippen LogP contribution is 2.33. The Hall–Kier alpha value is -0.620. The first-order valence-electron chi connectivity index (χ1n) is 5.87. The number of hydrogen-bond acceptors (Lipinski definition) is 5. The van der Waals surface area contributed by atoms with Crippen LogP contribution in [0.3, 0.4) is 0 Å². The number of aromatic hydroxyl groups is 1. The molecule has 4 nitrogen and oxygen atoms in total. The number of methoxy groups -OCH3 is 1. The molecule has 19 heavy (non-hydrogen) atoms. The molecule has 0 saturated heterocycles. The summed E-state index contributed by atoms with van der Waals surface area (Å²) in [6.45, 7) is 2.62. The maximum absolute atomic E-state index is 10.0. The van der Waals surface area contributed by atoms with Crippen molar-refractivity contribution in [2.75, 3.05) is 25.7 Å². The normalized spacial score (nSPS) is 14.2. The van der Waals surface area contributed by atoms with E-state index in [-0.39, 0.29) is 5.75 Å². The summed E-state index contributed by atoms with van der Waals surface area (Å²) in [4.78, 5) is 0. The number of ether oxygens (including phenoxy) is 1. The molecule has 6 heteroatoms. The van der Waals surface area contributed by atoms with Crippen molar-refractivity contribution in [2.24, 2.45) is 0 Å². The summed E-state index contributed by atoms with van der Waals surface area (Å²) in [5.41, 5.74) is -0.137. The predicted octanol–water partition coefficient (Wildman–Crippen LogP) is 2.26. The molecule has 1 unspecified atom stereocenters. The van der Waals surface area contributed by atoms with Crippen molar-refractivity contribution in [3.05, 3.63) is 22.7 Å². The maximum Gasteiger partial charge on any atom is 0.162 e. The van der Waals surface area contributed by atoms with Gasteiger partial charge in [0.1, 0.15) is 0 Å². The predicted molar refractivity (Wildman–Crippen MR) is 80.4 cm³/mol. The first-order chi connectivity index (χ1) is 8.89. The lowest BCUT2D eigenvalue weighted by atomic mass is 10.1. The summed E-state index contributed by atoms with van der Waals surface area (Å²) < 4.78 is 5.04. The number of benzene rings is 1. The molecule has 0 radical (unpaired) electrons. The van der Waals surface area contributed by atoms with Gasteiger partial charge in [0, 0.05) is 35.5 Å². The molecular formula is C13H20ClNO3S. The molecule has 108 valence electrons. The van der Waals surface area contributed by atoms with Crippen molar-refractivity contribution in [2.45, 2.75) is 19.1 Å². The maximum atomic E-state index is 10.0. The van der Waals surface area contributed by atoms with E-state index in [2.05, 4.69) is 5.32 Å².